The lowest BCUT2D eigenvalue weighted by molar-refractivity contribution is -0.120. The van der Waals surface area contributed by atoms with Crippen LogP contribution < -0.4 is 10.6 Å². The minimum Gasteiger partial charge on any atom is -0.383 e. The average molecular weight is 311 g/mol. The molecule has 2 N–H and O–H groups in total. The number of hydrogen-bond donors (Lipinski definition) is 2. The molecule has 4 nitrogen and oxygen atoms in total. The zero-order valence-electron chi connectivity index (χ0n) is 12.7. The average Bonchev–Trinajstić information content (AvgIpc) is 2.57. The summed E-state index contributed by atoms with van der Waals surface area (Å²) < 4.78 is 12.8. The number of amides is 1. The normalized spacial score (nSPS) is 9.91. The third-order valence-electron chi connectivity index (χ3n) is 3.36. The van der Waals surface area contributed by atoms with Crippen LogP contribution >= 0.6 is 0 Å². The molecule has 0 spiro atoms. The van der Waals surface area contributed by atoms with Gasteiger partial charge in [-0.05, 0) is 36.2 Å². The molecule has 0 heterocycles. The molecule has 0 saturated heterocycles. The Bertz CT molecular complexity index is 692. The molecule has 0 aliphatic rings. The highest BCUT2D eigenvalue weighted by Gasteiger charge is 2.03. The second-order valence-electron chi connectivity index (χ2n) is 5.06. The first-order chi connectivity index (χ1) is 11.2. The van der Waals surface area contributed by atoms with E-state index >= 15 is 0 Å². The maximum atomic E-state index is 12.8. The van der Waals surface area contributed by atoms with Crippen LogP contribution in [0.1, 0.15) is 17.5 Å². The van der Waals surface area contributed by atoms with Crippen molar-refractivity contribution in [3.63, 3.8) is 0 Å². The number of benzene rings is 2. The van der Waals surface area contributed by atoms with Gasteiger partial charge in [0.2, 0.25) is 5.91 Å². The summed E-state index contributed by atoms with van der Waals surface area (Å²) in [7, 11) is 0. The van der Waals surface area contributed by atoms with E-state index in [2.05, 4.69) is 16.7 Å². The van der Waals surface area contributed by atoms with Crippen molar-refractivity contribution in [1.82, 2.24) is 5.32 Å². The Morgan fingerprint density at radius 2 is 1.83 bits per heavy atom. The number of nitrogens with zero attached hydrogens (tertiary/aromatic N) is 1. The summed E-state index contributed by atoms with van der Waals surface area (Å²) in [6, 6.07) is 15.5. The SMILES string of the molecule is N#Cc1ccccc1NCCC(=O)NCCc1ccc(F)cc1. The fourth-order valence-corrected chi connectivity index (χ4v) is 2.13. The topological polar surface area (TPSA) is 64.9 Å². The van der Waals surface area contributed by atoms with Crippen molar-refractivity contribution in [2.24, 2.45) is 0 Å². The minimum absolute atomic E-state index is 0.0611. The molecule has 1 amide bonds. The Morgan fingerprint density at radius 3 is 2.57 bits per heavy atom. The zero-order valence-corrected chi connectivity index (χ0v) is 12.7. The van der Waals surface area contributed by atoms with Gasteiger partial charge in [-0.25, -0.2) is 4.39 Å². The first-order valence-corrected chi connectivity index (χ1v) is 7.43. The standard InChI is InChI=1S/C18H18FN3O/c19-16-7-5-14(6-8-16)9-11-22-18(23)10-12-21-17-4-2-1-3-15(17)13-20/h1-8,21H,9-12H2,(H,22,23). The monoisotopic (exact) mass is 311 g/mol. The molecule has 0 aliphatic heterocycles. The van der Waals surface area contributed by atoms with Gasteiger partial charge in [-0.2, -0.15) is 5.26 Å². The summed E-state index contributed by atoms with van der Waals surface area (Å²) in [5.41, 5.74) is 2.27. The van der Waals surface area contributed by atoms with Crippen LogP contribution in [0.5, 0.6) is 0 Å². The Hall–Kier alpha value is -2.87. The van der Waals surface area contributed by atoms with Crippen molar-refractivity contribution in [3.05, 3.63) is 65.5 Å². The first-order valence-electron chi connectivity index (χ1n) is 7.43. The summed E-state index contributed by atoms with van der Waals surface area (Å²) in [6.07, 6.45) is 0.986. The Morgan fingerprint density at radius 1 is 1.09 bits per heavy atom. The second-order valence-corrected chi connectivity index (χ2v) is 5.06. The Kier molecular flexibility index (Phi) is 6.13. The van der Waals surface area contributed by atoms with E-state index in [4.69, 9.17) is 5.26 Å². The van der Waals surface area contributed by atoms with E-state index in [1.165, 1.54) is 12.1 Å². The molecule has 0 fully saturated rings. The summed E-state index contributed by atoms with van der Waals surface area (Å²) >= 11 is 0. The number of carbonyl (C=O) groups excluding carboxylic acids is 1. The third-order valence-corrected chi connectivity index (χ3v) is 3.36. The van der Waals surface area contributed by atoms with E-state index < -0.39 is 0 Å². The number of anilines is 1. The van der Waals surface area contributed by atoms with Gasteiger partial charge in [0.15, 0.2) is 0 Å². The molecule has 5 heteroatoms. The van der Waals surface area contributed by atoms with Gasteiger partial charge >= 0.3 is 0 Å². The van der Waals surface area contributed by atoms with E-state index in [1.807, 2.05) is 12.1 Å². The molecular weight excluding hydrogens is 293 g/mol. The van der Waals surface area contributed by atoms with Crippen molar-refractivity contribution in [3.8, 4) is 6.07 Å². The first kappa shape index (κ1) is 16.5. The van der Waals surface area contributed by atoms with E-state index in [0.29, 0.717) is 31.5 Å². The number of rotatable bonds is 7. The molecule has 0 atom stereocenters. The molecule has 2 aromatic carbocycles. The third kappa shape index (κ3) is 5.44. The van der Waals surface area contributed by atoms with Crippen molar-refractivity contribution >= 4 is 11.6 Å². The van der Waals surface area contributed by atoms with E-state index in [1.54, 1.807) is 24.3 Å². The highest BCUT2D eigenvalue weighted by Crippen LogP contribution is 2.13. The van der Waals surface area contributed by atoms with Gasteiger partial charge in [0.05, 0.1) is 11.3 Å². The van der Waals surface area contributed by atoms with Crippen molar-refractivity contribution in [2.75, 3.05) is 18.4 Å². The maximum Gasteiger partial charge on any atom is 0.221 e. The van der Waals surface area contributed by atoms with Gasteiger partial charge in [0.25, 0.3) is 0 Å². The molecule has 23 heavy (non-hydrogen) atoms. The molecule has 0 unspecified atom stereocenters. The highest BCUT2D eigenvalue weighted by atomic mass is 19.1. The van der Waals surface area contributed by atoms with E-state index in [-0.39, 0.29) is 11.7 Å². The van der Waals surface area contributed by atoms with Gasteiger partial charge in [0, 0.05) is 19.5 Å². The molecule has 0 aliphatic carbocycles. The predicted octanol–water partition coefficient (Wildman–Crippen LogP) is 2.86. The summed E-state index contributed by atoms with van der Waals surface area (Å²) in [4.78, 5) is 11.8. The zero-order chi connectivity index (χ0) is 16.5. The van der Waals surface area contributed by atoms with Gasteiger partial charge in [-0.15, -0.1) is 0 Å². The Labute approximate surface area is 134 Å². The second kappa shape index (κ2) is 8.54. The van der Waals surface area contributed by atoms with Crippen LogP contribution in [-0.4, -0.2) is 19.0 Å². The van der Waals surface area contributed by atoms with Crippen LogP contribution in [0.4, 0.5) is 10.1 Å². The largest absolute Gasteiger partial charge is 0.383 e. The van der Waals surface area contributed by atoms with E-state index in [0.717, 1.165) is 11.3 Å². The number of nitrogens with one attached hydrogen (secondary N) is 2. The molecule has 2 rings (SSSR count). The van der Waals surface area contributed by atoms with E-state index in [9.17, 15) is 9.18 Å². The van der Waals surface area contributed by atoms with Crippen LogP contribution in [0.15, 0.2) is 48.5 Å². The quantitative estimate of drug-likeness (QED) is 0.826. The lowest BCUT2D eigenvalue weighted by Gasteiger charge is -2.08. The molecule has 2 aromatic rings. The fraction of sp³-hybridized carbons (Fsp3) is 0.222. The molecule has 0 aromatic heterocycles. The van der Waals surface area contributed by atoms with Crippen LogP contribution in [0.3, 0.4) is 0 Å². The summed E-state index contributed by atoms with van der Waals surface area (Å²) in [5, 5.41) is 14.9. The van der Waals surface area contributed by atoms with Crippen LogP contribution in [-0.2, 0) is 11.2 Å². The minimum atomic E-state index is -0.262. The van der Waals surface area contributed by atoms with Crippen LogP contribution in [0.2, 0.25) is 0 Å². The van der Waals surface area contributed by atoms with Gasteiger partial charge in [0.1, 0.15) is 11.9 Å². The van der Waals surface area contributed by atoms with Gasteiger partial charge in [-0.3, -0.25) is 4.79 Å². The lowest BCUT2D eigenvalue weighted by atomic mass is 10.1. The number of halogens is 1. The number of para-hydroxylation sites is 1. The number of nitriles is 1. The number of carbonyl (C=O) groups is 1. The lowest BCUT2D eigenvalue weighted by Crippen LogP contribution is -2.27. The molecule has 118 valence electrons. The van der Waals surface area contributed by atoms with Gasteiger partial charge in [-0.1, -0.05) is 24.3 Å². The fourth-order valence-electron chi connectivity index (χ4n) is 2.13. The van der Waals surface area contributed by atoms with Crippen molar-refractivity contribution in [2.45, 2.75) is 12.8 Å². The molecule has 0 bridgehead atoms. The Balaban J connectivity index is 1.67. The molecule has 0 saturated carbocycles. The number of hydrogen-bond acceptors (Lipinski definition) is 3. The molecular formula is C18H18FN3O. The van der Waals surface area contributed by atoms with Crippen LogP contribution in [0.25, 0.3) is 0 Å². The maximum absolute atomic E-state index is 12.8. The smallest absolute Gasteiger partial charge is 0.221 e. The predicted molar refractivity (Wildman–Crippen MR) is 87.4 cm³/mol. The van der Waals surface area contributed by atoms with Gasteiger partial charge < -0.3 is 10.6 Å². The van der Waals surface area contributed by atoms with Crippen LogP contribution in [0, 0.1) is 17.1 Å². The van der Waals surface area contributed by atoms with Crippen molar-refractivity contribution < 1.29 is 9.18 Å². The highest BCUT2D eigenvalue weighted by molar-refractivity contribution is 5.76. The molecule has 0 radical (unpaired) electrons. The summed E-state index contributed by atoms with van der Waals surface area (Å²) in [6.45, 7) is 0.973. The summed E-state index contributed by atoms with van der Waals surface area (Å²) in [5.74, 6) is -0.324. The van der Waals surface area contributed by atoms with Crippen molar-refractivity contribution in [1.29, 1.82) is 5.26 Å².